The Morgan fingerprint density at radius 2 is 1.90 bits per heavy atom. The van der Waals surface area contributed by atoms with E-state index in [0.29, 0.717) is 48.9 Å². The number of carbonyl (C=O) groups excluding carboxylic acids is 1. The first-order chi connectivity index (χ1) is 14.4. The highest BCUT2D eigenvalue weighted by Gasteiger charge is 2.34. The summed E-state index contributed by atoms with van der Waals surface area (Å²) in [5, 5.41) is 15.2. The van der Waals surface area contributed by atoms with Gasteiger partial charge in [0.1, 0.15) is 10.1 Å². The number of aliphatic hydroxyl groups is 1. The SMILES string of the molecule is Cn1nc2c(=O)n(CC3(O)CCN(C(=O)CCc4ccccc4)CC3)cnc2c1Br. The van der Waals surface area contributed by atoms with Crippen LogP contribution in [0, 0.1) is 0 Å². The Labute approximate surface area is 182 Å². The normalized spacial score (nSPS) is 16.2. The summed E-state index contributed by atoms with van der Waals surface area (Å²) in [4.78, 5) is 31.4. The van der Waals surface area contributed by atoms with E-state index in [4.69, 9.17) is 0 Å². The molecule has 0 atom stereocenters. The van der Waals surface area contributed by atoms with Crippen LogP contribution in [0.25, 0.3) is 11.0 Å². The number of halogens is 1. The minimum atomic E-state index is -1.05. The van der Waals surface area contributed by atoms with Crippen LogP contribution in [0.4, 0.5) is 0 Å². The van der Waals surface area contributed by atoms with Crippen LogP contribution in [0.2, 0.25) is 0 Å². The molecule has 1 N–H and O–H groups in total. The second kappa shape index (κ2) is 8.31. The second-order valence-electron chi connectivity index (χ2n) is 7.88. The Morgan fingerprint density at radius 1 is 1.20 bits per heavy atom. The average molecular weight is 474 g/mol. The van der Waals surface area contributed by atoms with Crippen molar-refractivity contribution in [3.05, 3.63) is 57.2 Å². The lowest BCUT2D eigenvalue weighted by molar-refractivity contribution is -0.135. The maximum atomic E-state index is 12.8. The van der Waals surface area contributed by atoms with Gasteiger partial charge in [0.05, 0.1) is 18.5 Å². The van der Waals surface area contributed by atoms with Crippen LogP contribution in [-0.2, 0) is 24.8 Å². The molecular weight excluding hydrogens is 450 g/mol. The van der Waals surface area contributed by atoms with Gasteiger partial charge in [0.15, 0.2) is 5.52 Å². The Hall–Kier alpha value is -2.52. The number of likely N-dealkylation sites (tertiary alicyclic amines) is 1. The minimum Gasteiger partial charge on any atom is -0.388 e. The van der Waals surface area contributed by atoms with Crippen molar-refractivity contribution in [1.29, 1.82) is 0 Å². The Morgan fingerprint density at radius 3 is 2.60 bits per heavy atom. The zero-order valence-corrected chi connectivity index (χ0v) is 18.4. The Balaban J connectivity index is 1.38. The van der Waals surface area contributed by atoms with Crippen molar-refractivity contribution in [3.63, 3.8) is 0 Å². The summed E-state index contributed by atoms with van der Waals surface area (Å²) in [6, 6.07) is 9.94. The lowest BCUT2D eigenvalue weighted by atomic mass is 9.91. The van der Waals surface area contributed by atoms with Gasteiger partial charge in [-0.05, 0) is 40.8 Å². The number of hydrogen-bond donors (Lipinski definition) is 1. The highest BCUT2D eigenvalue weighted by Crippen LogP contribution is 2.25. The van der Waals surface area contributed by atoms with E-state index in [-0.39, 0.29) is 23.5 Å². The van der Waals surface area contributed by atoms with Crippen molar-refractivity contribution in [2.75, 3.05) is 13.1 Å². The number of hydrogen-bond acceptors (Lipinski definition) is 5. The fraction of sp³-hybridized carbons (Fsp3) is 0.429. The van der Waals surface area contributed by atoms with Crippen LogP contribution in [-0.4, -0.2) is 53.9 Å². The van der Waals surface area contributed by atoms with Crippen molar-refractivity contribution >= 4 is 32.9 Å². The summed E-state index contributed by atoms with van der Waals surface area (Å²) >= 11 is 3.37. The van der Waals surface area contributed by atoms with E-state index in [9.17, 15) is 14.7 Å². The topological polar surface area (TPSA) is 93.2 Å². The first kappa shape index (κ1) is 20.7. The third-order valence-corrected chi connectivity index (χ3v) is 6.61. The van der Waals surface area contributed by atoms with Gasteiger partial charge in [-0.15, -0.1) is 0 Å². The Kier molecular flexibility index (Phi) is 5.75. The molecule has 158 valence electrons. The number of amides is 1. The van der Waals surface area contributed by atoms with Crippen LogP contribution < -0.4 is 5.56 Å². The molecule has 30 heavy (non-hydrogen) atoms. The van der Waals surface area contributed by atoms with Crippen LogP contribution in [0.1, 0.15) is 24.8 Å². The summed E-state index contributed by atoms with van der Waals surface area (Å²) in [6.07, 6.45) is 3.45. The molecule has 1 fully saturated rings. The third kappa shape index (κ3) is 4.17. The molecule has 4 rings (SSSR count). The quantitative estimate of drug-likeness (QED) is 0.610. The highest BCUT2D eigenvalue weighted by atomic mass is 79.9. The molecule has 3 aromatic rings. The van der Waals surface area contributed by atoms with Crippen LogP contribution in [0.15, 0.2) is 46.1 Å². The monoisotopic (exact) mass is 473 g/mol. The first-order valence-corrected chi connectivity index (χ1v) is 10.8. The lowest BCUT2D eigenvalue weighted by Crippen LogP contribution is -2.49. The van der Waals surface area contributed by atoms with Gasteiger partial charge in [-0.2, -0.15) is 5.10 Å². The van der Waals surface area contributed by atoms with Crippen molar-refractivity contribution in [1.82, 2.24) is 24.2 Å². The molecule has 8 nitrogen and oxygen atoms in total. The van der Waals surface area contributed by atoms with Gasteiger partial charge in [-0.25, -0.2) is 4.98 Å². The molecule has 1 aliphatic heterocycles. The van der Waals surface area contributed by atoms with E-state index in [0.717, 1.165) is 5.56 Å². The van der Waals surface area contributed by atoms with Crippen LogP contribution in [0.5, 0.6) is 0 Å². The molecular formula is C21H24BrN5O3. The molecule has 2 aromatic heterocycles. The maximum absolute atomic E-state index is 12.8. The molecule has 3 heterocycles. The molecule has 0 bridgehead atoms. The Bertz CT molecular complexity index is 1120. The van der Waals surface area contributed by atoms with Crippen LogP contribution in [0.3, 0.4) is 0 Å². The molecule has 1 aliphatic rings. The van der Waals surface area contributed by atoms with Gasteiger partial charge < -0.3 is 10.0 Å². The molecule has 0 saturated carbocycles. The molecule has 1 saturated heterocycles. The van der Waals surface area contributed by atoms with Crippen LogP contribution >= 0.6 is 15.9 Å². The third-order valence-electron chi connectivity index (χ3n) is 5.73. The number of piperidine rings is 1. The zero-order valence-electron chi connectivity index (χ0n) is 16.8. The standard InChI is InChI=1S/C21H24BrN5O3/c1-25-19(22)17-18(24-25)20(29)27(14-23-17)13-21(30)9-11-26(12-10-21)16(28)8-7-15-5-3-2-4-6-15/h2-6,14,30H,7-13H2,1H3. The predicted octanol–water partition coefficient (Wildman–Crippen LogP) is 1.88. The summed E-state index contributed by atoms with van der Waals surface area (Å²) in [5.41, 5.74) is 0.578. The van der Waals surface area contributed by atoms with Crippen molar-refractivity contribution < 1.29 is 9.90 Å². The largest absolute Gasteiger partial charge is 0.388 e. The predicted molar refractivity (Wildman–Crippen MR) is 116 cm³/mol. The van der Waals surface area contributed by atoms with E-state index in [1.165, 1.54) is 10.9 Å². The number of nitrogens with zero attached hydrogens (tertiary/aromatic N) is 5. The summed E-state index contributed by atoms with van der Waals surface area (Å²) < 4.78 is 3.61. The number of fused-ring (bicyclic) bond motifs is 1. The minimum absolute atomic E-state index is 0.0968. The molecule has 1 aromatic carbocycles. The summed E-state index contributed by atoms with van der Waals surface area (Å²) in [6.45, 7) is 1.09. The molecule has 0 spiro atoms. The number of aromatic nitrogens is 4. The van der Waals surface area contributed by atoms with Gasteiger partial charge in [0.25, 0.3) is 5.56 Å². The molecule has 0 aliphatic carbocycles. The van der Waals surface area contributed by atoms with Crippen molar-refractivity contribution in [2.24, 2.45) is 7.05 Å². The molecule has 0 unspecified atom stereocenters. The number of aryl methyl sites for hydroxylation is 2. The van der Waals surface area contributed by atoms with Gasteiger partial charge in [-0.3, -0.25) is 18.8 Å². The maximum Gasteiger partial charge on any atom is 0.281 e. The van der Waals surface area contributed by atoms with E-state index >= 15 is 0 Å². The smallest absolute Gasteiger partial charge is 0.281 e. The fourth-order valence-corrected chi connectivity index (χ4v) is 4.25. The lowest BCUT2D eigenvalue weighted by Gasteiger charge is -2.38. The van der Waals surface area contributed by atoms with Gasteiger partial charge in [0, 0.05) is 26.6 Å². The first-order valence-electron chi connectivity index (χ1n) is 9.98. The van der Waals surface area contributed by atoms with E-state index in [1.54, 1.807) is 16.6 Å². The van der Waals surface area contributed by atoms with E-state index < -0.39 is 5.60 Å². The molecule has 0 radical (unpaired) electrons. The van der Waals surface area contributed by atoms with Gasteiger partial charge in [0.2, 0.25) is 5.91 Å². The van der Waals surface area contributed by atoms with Gasteiger partial charge in [-0.1, -0.05) is 30.3 Å². The van der Waals surface area contributed by atoms with Crippen molar-refractivity contribution in [2.45, 2.75) is 37.8 Å². The van der Waals surface area contributed by atoms with E-state index in [2.05, 4.69) is 26.0 Å². The average Bonchev–Trinajstić information content (AvgIpc) is 3.04. The molecule has 1 amide bonds. The second-order valence-corrected chi connectivity index (χ2v) is 8.63. The van der Waals surface area contributed by atoms with E-state index in [1.807, 2.05) is 30.3 Å². The number of benzene rings is 1. The zero-order chi connectivity index (χ0) is 21.3. The summed E-state index contributed by atoms with van der Waals surface area (Å²) in [7, 11) is 1.73. The highest BCUT2D eigenvalue weighted by molar-refractivity contribution is 9.10. The number of carbonyl (C=O) groups is 1. The van der Waals surface area contributed by atoms with Gasteiger partial charge >= 0.3 is 0 Å². The molecule has 9 heteroatoms. The van der Waals surface area contributed by atoms with Crippen molar-refractivity contribution in [3.8, 4) is 0 Å². The fourth-order valence-electron chi connectivity index (χ4n) is 3.88. The summed E-state index contributed by atoms with van der Waals surface area (Å²) in [5.74, 6) is 0.0968. The number of rotatable bonds is 5.